The molecular weight excluding hydrogens is 413 g/mol. The van der Waals surface area contributed by atoms with Crippen LogP contribution in [0.15, 0.2) is 30.3 Å². The zero-order chi connectivity index (χ0) is 23.1. The van der Waals surface area contributed by atoms with Crippen LogP contribution >= 0.6 is 0 Å². The molecule has 1 aliphatic heterocycles. The molecule has 2 heterocycles. The standard InChI is InChI=1S/C23H30FN5O3/c1-27(21(30)11-7-13-29-22(31)16-28(2)23(29)32)12-5-3-4-10-19-15-20(26-25-19)17-8-6-9-18(24)14-17/h6,8-9,14-15H,3-5,7,10-13,16H2,1-2H3,(H,25,26). The third kappa shape index (κ3) is 6.15. The molecule has 0 radical (unpaired) electrons. The second-order valence-corrected chi connectivity index (χ2v) is 8.20. The van der Waals surface area contributed by atoms with E-state index >= 15 is 0 Å². The van der Waals surface area contributed by atoms with Crippen molar-refractivity contribution in [1.29, 1.82) is 0 Å². The summed E-state index contributed by atoms with van der Waals surface area (Å²) in [6, 6.07) is 8.02. The topological polar surface area (TPSA) is 89.6 Å². The molecule has 1 N–H and O–H groups in total. The average Bonchev–Trinajstić information content (AvgIpc) is 3.33. The first-order chi connectivity index (χ1) is 15.3. The van der Waals surface area contributed by atoms with Gasteiger partial charge in [0.2, 0.25) is 11.8 Å². The number of rotatable bonds is 11. The molecule has 1 aliphatic rings. The number of nitrogens with one attached hydrogen (secondary N) is 1. The molecule has 0 atom stereocenters. The van der Waals surface area contributed by atoms with E-state index in [1.165, 1.54) is 21.9 Å². The van der Waals surface area contributed by atoms with Crippen LogP contribution in [0.3, 0.4) is 0 Å². The Kier molecular flexibility index (Phi) is 7.97. The summed E-state index contributed by atoms with van der Waals surface area (Å²) in [6.45, 7) is 1.06. The van der Waals surface area contributed by atoms with Crippen LogP contribution < -0.4 is 0 Å². The van der Waals surface area contributed by atoms with Crippen LogP contribution in [0, 0.1) is 5.82 Å². The Morgan fingerprint density at radius 1 is 1.19 bits per heavy atom. The van der Waals surface area contributed by atoms with Crippen molar-refractivity contribution in [2.45, 2.75) is 38.5 Å². The summed E-state index contributed by atoms with van der Waals surface area (Å²) in [5.74, 6) is -0.472. The molecule has 0 saturated carbocycles. The fourth-order valence-corrected chi connectivity index (χ4v) is 3.72. The van der Waals surface area contributed by atoms with Crippen molar-refractivity contribution < 1.29 is 18.8 Å². The highest BCUT2D eigenvalue weighted by Crippen LogP contribution is 2.19. The summed E-state index contributed by atoms with van der Waals surface area (Å²) in [4.78, 5) is 40.1. The van der Waals surface area contributed by atoms with Gasteiger partial charge in [0.1, 0.15) is 12.4 Å². The Hall–Kier alpha value is -3.23. The first-order valence-corrected chi connectivity index (χ1v) is 10.9. The fraction of sp³-hybridized carbons (Fsp3) is 0.478. The molecule has 32 heavy (non-hydrogen) atoms. The first kappa shape index (κ1) is 23.4. The zero-order valence-corrected chi connectivity index (χ0v) is 18.6. The van der Waals surface area contributed by atoms with Crippen LogP contribution in [0.4, 0.5) is 9.18 Å². The molecule has 0 spiro atoms. The highest BCUT2D eigenvalue weighted by molar-refractivity contribution is 6.01. The van der Waals surface area contributed by atoms with Crippen molar-refractivity contribution in [2.24, 2.45) is 0 Å². The van der Waals surface area contributed by atoms with Crippen molar-refractivity contribution in [3.63, 3.8) is 0 Å². The molecule has 9 heteroatoms. The number of aromatic nitrogens is 2. The second kappa shape index (κ2) is 10.9. The molecule has 0 bridgehead atoms. The monoisotopic (exact) mass is 443 g/mol. The molecule has 2 aromatic rings. The number of hydrogen-bond donors (Lipinski definition) is 1. The summed E-state index contributed by atoms with van der Waals surface area (Å²) in [6.07, 6.45) is 4.44. The number of benzene rings is 1. The minimum Gasteiger partial charge on any atom is -0.346 e. The minimum atomic E-state index is -0.295. The van der Waals surface area contributed by atoms with Crippen LogP contribution in [0.2, 0.25) is 0 Å². The SMILES string of the molecule is CN(CCCCCc1cc(-c2cccc(F)c2)n[nH]1)C(=O)CCCN1C(=O)CN(C)C1=O. The van der Waals surface area contributed by atoms with Crippen LogP contribution in [-0.4, -0.2) is 76.5 Å². The summed E-state index contributed by atoms with van der Waals surface area (Å²) >= 11 is 0. The number of halogens is 1. The molecule has 1 aromatic heterocycles. The number of unbranched alkanes of at least 4 members (excludes halogenated alkanes) is 2. The van der Waals surface area contributed by atoms with E-state index in [0.29, 0.717) is 19.4 Å². The summed E-state index contributed by atoms with van der Waals surface area (Å²) in [7, 11) is 3.37. The van der Waals surface area contributed by atoms with Gasteiger partial charge in [0.05, 0.1) is 5.69 Å². The lowest BCUT2D eigenvalue weighted by atomic mass is 10.1. The number of amides is 4. The predicted molar refractivity (Wildman–Crippen MR) is 118 cm³/mol. The van der Waals surface area contributed by atoms with Crippen LogP contribution in [0.1, 0.15) is 37.8 Å². The maximum atomic E-state index is 13.4. The summed E-state index contributed by atoms with van der Waals surface area (Å²) < 4.78 is 13.4. The van der Waals surface area contributed by atoms with Crippen molar-refractivity contribution in [2.75, 3.05) is 33.7 Å². The summed E-state index contributed by atoms with van der Waals surface area (Å²) in [5, 5.41) is 7.26. The van der Waals surface area contributed by atoms with Crippen LogP contribution in [0.25, 0.3) is 11.3 Å². The number of aryl methyl sites for hydroxylation is 1. The number of urea groups is 1. The van der Waals surface area contributed by atoms with Crippen molar-refractivity contribution in [1.82, 2.24) is 24.9 Å². The number of carbonyl (C=O) groups is 3. The molecule has 1 saturated heterocycles. The molecular formula is C23H30FN5O3. The Morgan fingerprint density at radius 3 is 2.72 bits per heavy atom. The number of hydrogen-bond acceptors (Lipinski definition) is 4. The minimum absolute atomic E-state index is 0.0192. The Balaban J connectivity index is 1.30. The van der Waals surface area contributed by atoms with Gasteiger partial charge in [-0.2, -0.15) is 5.10 Å². The molecule has 3 rings (SSSR count). The van der Waals surface area contributed by atoms with Gasteiger partial charge < -0.3 is 9.80 Å². The maximum Gasteiger partial charge on any atom is 0.326 e. The smallest absolute Gasteiger partial charge is 0.326 e. The van der Waals surface area contributed by atoms with Gasteiger partial charge in [-0.1, -0.05) is 18.6 Å². The van der Waals surface area contributed by atoms with E-state index in [0.717, 1.165) is 42.6 Å². The van der Waals surface area contributed by atoms with Gasteiger partial charge in [-0.05, 0) is 43.9 Å². The van der Waals surface area contributed by atoms with Crippen molar-refractivity contribution in [3.8, 4) is 11.3 Å². The lowest BCUT2D eigenvalue weighted by Gasteiger charge is -2.18. The average molecular weight is 444 g/mol. The van der Waals surface area contributed by atoms with E-state index in [-0.39, 0.29) is 36.8 Å². The molecule has 4 amide bonds. The van der Waals surface area contributed by atoms with E-state index in [1.54, 1.807) is 25.1 Å². The Labute approximate surface area is 187 Å². The van der Waals surface area contributed by atoms with E-state index in [4.69, 9.17) is 0 Å². The third-order valence-electron chi connectivity index (χ3n) is 5.62. The van der Waals surface area contributed by atoms with Crippen LogP contribution in [0.5, 0.6) is 0 Å². The molecule has 0 unspecified atom stereocenters. The number of carbonyl (C=O) groups excluding carboxylic acids is 3. The number of aromatic amines is 1. The highest BCUT2D eigenvalue weighted by Gasteiger charge is 2.32. The zero-order valence-electron chi connectivity index (χ0n) is 18.6. The van der Waals surface area contributed by atoms with Gasteiger partial charge in [0.15, 0.2) is 0 Å². The quantitative estimate of drug-likeness (QED) is 0.427. The molecule has 172 valence electrons. The second-order valence-electron chi connectivity index (χ2n) is 8.20. The number of nitrogens with zero attached hydrogens (tertiary/aromatic N) is 4. The summed E-state index contributed by atoms with van der Waals surface area (Å²) in [5.41, 5.74) is 2.48. The fourth-order valence-electron chi connectivity index (χ4n) is 3.72. The van der Waals surface area contributed by atoms with Crippen molar-refractivity contribution in [3.05, 3.63) is 41.8 Å². The third-order valence-corrected chi connectivity index (χ3v) is 5.62. The first-order valence-electron chi connectivity index (χ1n) is 10.9. The lowest BCUT2D eigenvalue weighted by Crippen LogP contribution is -2.34. The van der Waals surface area contributed by atoms with E-state index in [2.05, 4.69) is 10.2 Å². The lowest BCUT2D eigenvalue weighted by molar-refractivity contribution is -0.131. The number of imide groups is 1. The predicted octanol–water partition coefficient (Wildman–Crippen LogP) is 3.06. The van der Waals surface area contributed by atoms with E-state index < -0.39 is 0 Å². The largest absolute Gasteiger partial charge is 0.346 e. The van der Waals surface area contributed by atoms with Gasteiger partial charge >= 0.3 is 6.03 Å². The van der Waals surface area contributed by atoms with Crippen LogP contribution in [-0.2, 0) is 16.0 Å². The van der Waals surface area contributed by atoms with Gasteiger partial charge in [-0.3, -0.25) is 19.6 Å². The highest BCUT2D eigenvalue weighted by atomic mass is 19.1. The molecule has 0 aliphatic carbocycles. The normalized spacial score (nSPS) is 13.8. The number of H-pyrrole nitrogens is 1. The number of likely N-dealkylation sites (N-methyl/N-ethyl adjacent to an activating group) is 1. The Bertz CT molecular complexity index is 961. The maximum absolute atomic E-state index is 13.4. The van der Waals surface area contributed by atoms with Crippen molar-refractivity contribution >= 4 is 17.8 Å². The van der Waals surface area contributed by atoms with Gasteiger partial charge in [-0.15, -0.1) is 0 Å². The molecule has 8 nitrogen and oxygen atoms in total. The molecule has 1 aromatic carbocycles. The Morgan fingerprint density at radius 2 is 2.00 bits per heavy atom. The van der Waals surface area contributed by atoms with Gasteiger partial charge in [0.25, 0.3) is 0 Å². The van der Waals surface area contributed by atoms with E-state index in [9.17, 15) is 18.8 Å². The van der Waals surface area contributed by atoms with Gasteiger partial charge in [-0.25, -0.2) is 9.18 Å². The van der Waals surface area contributed by atoms with E-state index in [1.807, 2.05) is 12.1 Å². The molecule has 1 fully saturated rings. The van der Waals surface area contributed by atoms with Gasteiger partial charge in [0, 0.05) is 44.9 Å².